The monoisotopic (exact) mass is 164 g/mol. The molecule has 0 amide bonds. The first-order valence-electron chi connectivity index (χ1n) is 4.85. The predicted molar refractivity (Wildman–Crippen MR) is 50.9 cm³/mol. The highest BCUT2D eigenvalue weighted by Crippen LogP contribution is 1.94. The summed E-state index contributed by atoms with van der Waals surface area (Å²) in [6.07, 6.45) is 5.85. The van der Waals surface area contributed by atoms with Gasteiger partial charge in [0.25, 0.3) is 0 Å². The third-order valence-corrected chi connectivity index (χ3v) is 2.15. The third-order valence-electron chi connectivity index (χ3n) is 2.15. The summed E-state index contributed by atoms with van der Waals surface area (Å²) >= 11 is 0. The molecule has 1 aromatic rings. The summed E-state index contributed by atoms with van der Waals surface area (Å²) in [6.45, 7) is 5.60. The number of unbranched alkanes of at least 4 members (excludes halogenated alkanes) is 1. The summed E-state index contributed by atoms with van der Waals surface area (Å²) in [7, 11) is 0. The van der Waals surface area contributed by atoms with E-state index >= 15 is 0 Å². The molecule has 0 aliphatic carbocycles. The van der Waals surface area contributed by atoms with Gasteiger partial charge in [-0.05, 0) is 0 Å². The lowest BCUT2D eigenvalue weighted by molar-refractivity contribution is -0.704. The van der Waals surface area contributed by atoms with E-state index in [2.05, 4.69) is 42.8 Å². The van der Waals surface area contributed by atoms with Crippen molar-refractivity contribution in [2.75, 3.05) is 0 Å². The normalized spacial score (nSPS) is 10.2. The van der Waals surface area contributed by atoms with Crippen LogP contribution in [0.5, 0.6) is 0 Å². The largest absolute Gasteiger partial charge is 0.202 e. The maximum Gasteiger partial charge on any atom is 0.181 e. The summed E-state index contributed by atoms with van der Waals surface area (Å²) in [4.78, 5) is 0. The van der Waals surface area contributed by atoms with Crippen LogP contribution in [-0.4, -0.2) is 0 Å². The average molecular weight is 164 g/mol. The molecule has 0 aromatic carbocycles. The van der Waals surface area contributed by atoms with E-state index in [4.69, 9.17) is 0 Å². The Balaban J connectivity index is 2.68. The SMILES string of the molecule is CCCC[n+]1ccccc1CC. The quantitative estimate of drug-likeness (QED) is 0.601. The van der Waals surface area contributed by atoms with Crippen LogP contribution in [0.4, 0.5) is 0 Å². The molecule has 0 saturated heterocycles. The van der Waals surface area contributed by atoms with Crippen LogP contribution in [0.3, 0.4) is 0 Å². The number of hydrogen-bond acceptors (Lipinski definition) is 0. The van der Waals surface area contributed by atoms with Gasteiger partial charge in [0.05, 0.1) is 0 Å². The Hall–Kier alpha value is -0.850. The lowest BCUT2D eigenvalue weighted by atomic mass is 10.2. The minimum Gasteiger partial charge on any atom is -0.202 e. The van der Waals surface area contributed by atoms with Crippen molar-refractivity contribution in [3.05, 3.63) is 30.1 Å². The van der Waals surface area contributed by atoms with Crippen molar-refractivity contribution in [2.45, 2.75) is 39.7 Å². The van der Waals surface area contributed by atoms with Crippen molar-refractivity contribution >= 4 is 0 Å². The fraction of sp³-hybridized carbons (Fsp3) is 0.545. The molecule has 0 aliphatic heterocycles. The van der Waals surface area contributed by atoms with E-state index in [-0.39, 0.29) is 0 Å². The molecule has 0 unspecified atom stereocenters. The van der Waals surface area contributed by atoms with Gasteiger partial charge in [-0.3, -0.25) is 0 Å². The van der Waals surface area contributed by atoms with Gasteiger partial charge in [0.2, 0.25) is 0 Å². The van der Waals surface area contributed by atoms with Crippen LogP contribution in [0.25, 0.3) is 0 Å². The predicted octanol–water partition coefficient (Wildman–Crippen LogP) is 2.34. The van der Waals surface area contributed by atoms with E-state index < -0.39 is 0 Å². The molecule has 1 aromatic heterocycles. The Morgan fingerprint density at radius 3 is 2.75 bits per heavy atom. The van der Waals surface area contributed by atoms with Crippen molar-refractivity contribution in [3.63, 3.8) is 0 Å². The highest BCUT2D eigenvalue weighted by atomic mass is 14.9. The molecular formula is C11H18N+. The van der Waals surface area contributed by atoms with Crippen LogP contribution in [-0.2, 0) is 13.0 Å². The first-order chi connectivity index (χ1) is 5.88. The molecular weight excluding hydrogens is 146 g/mol. The van der Waals surface area contributed by atoms with Gasteiger partial charge in [0.1, 0.15) is 6.54 Å². The summed E-state index contributed by atoms with van der Waals surface area (Å²) in [5, 5.41) is 0. The second-order valence-corrected chi connectivity index (χ2v) is 3.09. The Labute approximate surface area is 75.1 Å². The topological polar surface area (TPSA) is 3.88 Å². The molecule has 1 nitrogen and oxygen atoms in total. The molecule has 1 heteroatoms. The third kappa shape index (κ3) is 2.33. The van der Waals surface area contributed by atoms with E-state index in [1.807, 2.05) is 0 Å². The fourth-order valence-electron chi connectivity index (χ4n) is 1.38. The van der Waals surface area contributed by atoms with Crippen molar-refractivity contribution in [1.29, 1.82) is 0 Å². The van der Waals surface area contributed by atoms with E-state index in [1.54, 1.807) is 0 Å². The molecule has 66 valence electrons. The van der Waals surface area contributed by atoms with E-state index in [9.17, 15) is 0 Å². The molecule has 0 N–H and O–H groups in total. The Morgan fingerprint density at radius 1 is 1.25 bits per heavy atom. The van der Waals surface area contributed by atoms with E-state index in [1.165, 1.54) is 25.1 Å². The van der Waals surface area contributed by atoms with E-state index in [0.29, 0.717) is 0 Å². The first kappa shape index (κ1) is 9.24. The second-order valence-electron chi connectivity index (χ2n) is 3.09. The lowest BCUT2D eigenvalue weighted by Crippen LogP contribution is -2.37. The molecule has 1 heterocycles. The Bertz CT molecular complexity index is 230. The molecule has 0 spiro atoms. The van der Waals surface area contributed by atoms with Crippen molar-refractivity contribution in [3.8, 4) is 0 Å². The van der Waals surface area contributed by atoms with Crippen LogP contribution in [0.1, 0.15) is 32.4 Å². The van der Waals surface area contributed by atoms with Gasteiger partial charge in [0, 0.05) is 25.0 Å². The molecule has 0 atom stereocenters. The van der Waals surface area contributed by atoms with Gasteiger partial charge in [-0.25, -0.2) is 4.57 Å². The summed E-state index contributed by atoms with van der Waals surface area (Å²) in [5.74, 6) is 0. The first-order valence-corrected chi connectivity index (χ1v) is 4.85. The number of nitrogens with zero attached hydrogens (tertiary/aromatic N) is 1. The molecule has 0 aliphatic rings. The summed E-state index contributed by atoms with van der Waals surface area (Å²) in [6, 6.07) is 6.42. The number of hydrogen-bond donors (Lipinski definition) is 0. The van der Waals surface area contributed by atoms with Crippen molar-refractivity contribution in [1.82, 2.24) is 0 Å². The fourth-order valence-corrected chi connectivity index (χ4v) is 1.38. The van der Waals surface area contributed by atoms with Gasteiger partial charge in [-0.15, -0.1) is 0 Å². The van der Waals surface area contributed by atoms with Gasteiger partial charge in [-0.2, -0.15) is 0 Å². The number of pyridine rings is 1. The lowest BCUT2D eigenvalue weighted by Gasteiger charge is -1.99. The Kier molecular flexibility index (Phi) is 3.78. The highest BCUT2D eigenvalue weighted by molar-refractivity contribution is 4.96. The van der Waals surface area contributed by atoms with Gasteiger partial charge in [0.15, 0.2) is 11.9 Å². The van der Waals surface area contributed by atoms with Gasteiger partial charge in [-0.1, -0.05) is 26.3 Å². The zero-order valence-corrected chi connectivity index (χ0v) is 8.09. The molecule has 0 fully saturated rings. The zero-order valence-electron chi connectivity index (χ0n) is 8.09. The summed E-state index contributed by atoms with van der Waals surface area (Å²) in [5.41, 5.74) is 1.44. The van der Waals surface area contributed by atoms with Crippen LogP contribution >= 0.6 is 0 Å². The van der Waals surface area contributed by atoms with E-state index in [0.717, 1.165) is 6.42 Å². The number of aromatic nitrogens is 1. The van der Waals surface area contributed by atoms with Crippen LogP contribution in [0.2, 0.25) is 0 Å². The molecule has 0 saturated carbocycles. The number of rotatable bonds is 4. The second kappa shape index (κ2) is 4.91. The van der Waals surface area contributed by atoms with Crippen molar-refractivity contribution < 1.29 is 4.57 Å². The molecule has 12 heavy (non-hydrogen) atoms. The minimum absolute atomic E-state index is 1.13. The Morgan fingerprint density at radius 2 is 2.08 bits per heavy atom. The minimum atomic E-state index is 1.13. The van der Waals surface area contributed by atoms with Gasteiger partial charge < -0.3 is 0 Å². The zero-order chi connectivity index (χ0) is 8.81. The van der Waals surface area contributed by atoms with Crippen LogP contribution in [0, 0.1) is 0 Å². The van der Waals surface area contributed by atoms with Gasteiger partial charge >= 0.3 is 0 Å². The maximum atomic E-state index is 2.35. The van der Waals surface area contributed by atoms with Crippen LogP contribution in [0.15, 0.2) is 24.4 Å². The molecule has 0 radical (unpaired) electrons. The molecule has 1 rings (SSSR count). The van der Waals surface area contributed by atoms with Crippen LogP contribution < -0.4 is 4.57 Å². The highest BCUT2D eigenvalue weighted by Gasteiger charge is 2.04. The number of aryl methyl sites for hydroxylation is 2. The van der Waals surface area contributed by atoms with Crippen molar-refractivity contribution in [2.24, 2.45) is 0 Å². The smallest absolute Gasteiger partial charge is 0.181 e. The maximum absolute atomic E-state index is 2.35. The summed E-state index contributed by atoms with van der Waals surface area (Å²) < 4.78 is 2.35. The molecule has 0 bridgehead atoms. The standard InChI is InChI=1S/C11H18N/c1-3-5-9-12-10-7-6-8-11(12)4-2/h6-8,10H,3-5,9H2,1-2H3/q+1. The average Bonchev–Trinajstić information content (AvgIpc) is 2.15.